The van der Waals surface area contributed by atoms with Gasteiger partial charge >= 0.3 is 5.69 Å². The van der Waals surface area contributed by atoms with Crippen LogP contribution in [0.2, 0.25) is 0 Å². The summed E-state index contributed by atoms with van der Waals surface area (Å²) >= 11 is 1.69. The Morgan fingerprint density at radius 3 is 3.06 bits per heavy atom. The second-order valence-electron chi connectivity index (χ2n) is 3.69. The van der Waals surface area contributed by atoms with Crippen LogP contribution in [-0.4, -0.2) is 20.7 Å². The zero-order valence-electron chi connectivity index (χ0n) is 9.34. The summed E-state index contributed by atoms with van der Waals surface area (Å²) in [5.74, 6) is 1.10. The summed E-state index contributed by atoms with van der Waals surface area (Å²) in [7, 11) is 0. The van der Waals surface area contributed by atoms with Crippen LogP contribution in [0, 0.1) is 0 Å². The average Bonchev–Trinajstić information content (AvgIpc) is 2.65. The highest BCUT2D eigenvalue weighted by Gasteiger charge is 2.25. The van der Waals surface area contributed by atoms with Crippen LogP contribution in [0.25, 0.3) is 0 Å². The first-order valence-corrected chi connectivity index (χ1v) is 6.31. The van der Waals surface area contributed by atoms with Crippen LogP contribution in [0.3, 0.4) is 0 Å². The van der Waals surface area contributed by atoms with Gasteiger partial charge in [0.15, 0.2) is 0 Å². The van der Waals surface area contributed by atoms with Gasteiger partial charge in [-0.2, -0.15) is 4.98 Å². The van der Waals surface area contributed by atoms with E-state index in [0.29, 0.717) is 5.82 Å². The van der Waals surface area contributed by atoms with Crippen LogP contribution in [0.5, 0.6) is 0 Å². The molecule has 16 heavy (non-hydrogen) atoms. The van der Waals surface area contributed by atoms with Crippen molar-refractivity contribution in [1.29, 1.82) is 0 Å². The molecule has 6 heteroatoms. The fourth-order valence-electron chi connectivity index (χ4n) is 1.66. The second kappa shape index (κ2) is 4.47. The molecular weight excluding hydrogens is 226 g/mol. The monoisotopic (exact) mass is 241 g/mol. The third-order valence-corrected chi connectivity index (χ3v) is 3.63. The highest BCUT2D eigenvalue weighted by atomic mass is 32.2. The number of aromatic nitrogens is 2. The maximum atomic E-state index is 11.7. The van der Waals surface area contributed by atoms with Crippen molar-refractivity contribution >= 4 is 17.6 Å². The summed E-state index contributed by atoms with van der Waals surface area (Å²) in [5, 5.41) is 0. The Hall–Kier alpha value is -1.01. The maximum absolute atomic E-state index is 11.7. The number of nitrogens with zero attached hydrogens (tertiary/aromatic N) is 2. The molecule has 1 saturated heterocycles. The van der Waals surface area contributed by atoms with Gasteiger partial charge in [-0.1, -0.05) is 6.92 Å². The first-order chi connectivity index (χ1) is 7.61. The van der Waals surface area contributed by atoms with Gasteiger partial charge in [-0.25, -0.2) is 4.79 Å². The lowest BCUT2D eigenvalue weighted by atomic mass is 10.2. The number of hydrogen-bond donors (Lipinski definition) is 1. The lowest BCUT2D eigenvalue weighted by Crippen LogP contribution is -2.29. The Balaban J connectivity index is 2.37. The second-order valence-corrected chi connectivity index (χ2v) is 5.02. The van der Waals surface area contributed by atoms with E-state index in [1.165, 1.54) is 4.57 Å². The van der Waals surface area contributed by atoms with Gasteiger partial charge in [-0.05, 0) is 13.3 Å². The molecule has 0 aromatic carbocycles. The number of nitrogen functional groups attached to an aromatic ring is 1. The number of hydrogen-bond acceptors (Lipinski definition) is 5. The van der Waals surface area contributed by atoms with Crippen LogP contribution >= 0.6 is 11.8 Å². The minimum Gasteiger partial charge on any atom is -0.383 e. The van der Waals surface area contributed by atoms with E-state index in [9.17, 15) is 4.79 Å². The molecule has 1 aromatic heterocycles. The van der Waals surface area contributed by atoms with Crippen LogP contribution in [0.4, 0.5) is 5.82 Å². The SMILES string of the molecule is CCc1cn([C@H]2CS[C@@H](C)O2)c(=O)nc1N. The Morgan fingerprint density at radius 1 is 1.75 bits per heavy atom. The van der Waals surface area contributed by atoms with Crippen molar-refractivity contribution in [3.63, 3.8) is 0 Å². The largest absolute Gasteiger partial charge is 0.383 e. The van der Waals surface area contributed by atoms with Crippen LogP contribution in [0.15, 0.2) is 11.0 Å². The average molecular weight is 241 g/mol. The van der Waals surface area contributed by atoms with E-state index in [0.717, 1.165) is 17.7 Å². The summed E-state index contributed by atoms with van der Waals surface area (Å²) in [6, 6.07) is 0. The van der Waals surface area contributed by atoms with E-state index >= 15 is 0 Å². The third kappa shape index (κ3) is 2.08. The van der Waals surface area contributed by atoms with Gasteiger partial charge in [0.25, 0.3) is 0 Å². The molecule has 1 aliphatic heterocycles. The van der Waals surface area contributed by atoms with Crippen molar-refractivity contribution in [3.05, 3.63) is 22.2 Å². The van der Waals surface area contributed by atoms with Crippen LogP contribution in [0.1, 0.15) is 25.6 Å². The van der Waals surface area contributed by atoms with E-state index in [1.807, 2.05) is 13.8 Å². The number of aryl methyl sites for hydroxylation is 1. The first-order valence-electron chi connectivity index (χ1n) is 5.26. The topological polar surface area (TPSA) is 70.1 Å². The Morgan fingerprint density at radius 2 is 2.50 bits per heavy atom. The van der Waals surface area contributed by atoms with Crippen molar-refractivity contribution in [3.8, 4) is 0 Å². The van der Waals surface area contributed by atoms with E-state index < -0.39 is 0 Å². The minimum absolute atomic E-state index is 0.125. The Labute approximate surface area is 98.0 Å². The molecule has 0 spiro atoms. The van der Waals surface area contributed by atoms with Crippen molar-refractivity contribution in [1.82, 2.24) is 9.55 Å². The number of rotatable bonds is 2. The summed E-state index contributed by atoms with van der Waals surface area (Å²) < 4.78 is 7.15. The van der Waals surface area contributed by atoms with Crippen LogP contribution < -0.4 is 11.4 Å². The molecule has 2 heterocycles. The number of anilines is 1. The van der Waals surface area contributed by atoms with Gasteiger partial charge in [-0.3, -0.25) is 4.57 Å². The highest BCUT2D eigenvalue weighted by molar-refractivity contribution is 7.99. The molecule has 1 fully saturated rings. The fraction of sp³-hybridized carbons (Fsp3) is 0.600. The summed E-state index contributed by atoms with van der Waals surface area (Å²) in [6.07, 6.45) is 2.30. The van der Waals surface area contributed by atoms with Gasteiger partial charge in [0.1, 0.15) is 17.5 Å². The van der Waals surface area contributed by atoms with E-state index in [-0.39, 0.29) is 17.4 Å². The summed E-state index contributed by atoms with van der Waals surface area (Å²) in [5.41, 5.74) is 6.32. The van der Waals surface area contributed by atoms with Crippen molar-refractivity contribution in [2.45, 2.75) is 31.9 Å². The molecule has 0 saturated carbocycles. The molecule has 0 radical (unpaired) electrons. The molecule has 0 aliphatic carbocycles. The summed E-state index contributed by atoms with van der Waals surface area (Å²) in [6.45, 7) is 3.95. The molecule has 1 aliphatic rings. The highest BCUT2D eigenvalue weighted by Crippen LogP contribution is 2.30. The predicted molar refractivity (Wildman–Crippen MR) is 64.3 cm³/mol. The third-order valence-electron chi connectivity index (χ3n) is 2.57. The molecule has 0 amide bonds. The zero-order chi connectivity index (χ0) is 11.7. The maximum Gasteiger partial charge on any atom is 0.351 e. The fourth-order valence-corrected chi connectivity index (χ4v) is 2.55. The van der Waals surface area contributed by atoms with Crippen molar-refractivity contribution in [2.75, 3.05) is 11.5 Å². The molecular formula is C10H15N3O2S. The quantitative estimate of drug-likeness (QED) is 0.836. The molecule has 1 aromatic rings. The van der Waals surface area contributed by atoms with E-state index in [1.54, 1.807) is 18.0 Å². The lowest BCUT2D eigenvalue weighted by Gasteiger charge is -2.14. The number of thioether (sulfide) groups is 1. The predicted octanol–water partition coefficient (Wildman–Crippen LogP) is 0.996. The van der Waals surface area contributed by atoms with Gasteiger partial charge in [0.05, 0.1) is 0 Å². The molecule has 2 rings (SSSR count). The van der Waals surface area contributed by atoms with Crippen molar-refractivity contribution in [2.24, 2.45) is 0 Å². The van der Waals surface area contributed by atoms with Crippen molar-refractivity contribution < 1.29 is 4.74 Å². The molecule has 88 valence electrons. The molecule has 0 unspecified atom stereocenters. The number of nitrogens with two attached hydrogens (primary N) is 1. The van der Waals surface area contributed by atoms with E-state index in [4.69, 9.17) is 10.5 Å². The molecule has 2 N–H and O–H groups in total. The van der Waals surface area contributed by atoms with Gasteiger partial charge < -0.3 is 10.5 Å². The van der Waals surface area contributed by atoms with Gasteiger partial charge in [0.2, 0.25) is 0 Å². The Kier molecular flexibility index (Phi) is 3.20. The Bertz CT molecular complexity index is 446. The normalized spacial score (nSPS) is 24.9. The lowest BCUT2D eigenvalue weighted by molar-refractivity contribution is 0.0235. The van der Waals surface area contributed by atoms with E-state index in [2.05, 4.69) is 4.98 Å². The van der Waals surface area contributed by atoms with Gasteiger partial charge in [0, 0.05) is 17.5 Å². The first kappa shape index (κ1) is 11.5. The molecule has 2 atom stereocenters. The summed E-state index contributed by atoms with van der Waals surface area (Å²) in [4.78, 5) is 15.5. The zero-order valence-corrected chi connectivity index (χ0v) is 10.2. The molecule has 0 bridgehead atoms. The standard InChI is InChI=1S/C10H15N3O2S/c1-3-7-4-13(10(14)12-9(7)11)8-5-16-6(2)15-8/h4,6,8H,3,5H2,1-2H3,(H2,11,12,14)/t6-,8+/m0/s1. The smallest absolute Gasteiger partial charge is 0.351 e. The minimum atomic E-state index is -0.339. The van der Waals surface area contributed by atoms with Gasteiger partial charge in [-0.15, -0.1) is 11.8 Å². The molecule has 5 nitrogen and oxygen atoms in total. The van der Waals surface area contributed by atoms with Crippen LogP contribution in [-0.2, 0) is 11.2 Å². The number of ether oxygens (including phenoxy) is 1.